The molecule has 1 heterocycles. The molecule has 0 bridgehead atoms. The maximum Gasteiger partial charge on any atom is 0.128 e. The predicted octanol–water partition coefficient (Wildman–Crippen LogP) is 2.00. The van der Waals surface area contributed by atoms with Gasteiger partial charge in [-0.05, 0) is 42.9 Å². The molecule has 106 valence electrons. The zero-order valence-corrected chi connectivity index (χ0v) is 11.9. The summed E-state index contributed by atoms with van der Waals surface area (Å²) in [6.07, 6.45) is 3.54. The Balaban J connectivity index is 1.86. The molecule has 0 aromatic carbocycles. The summed E-state index contributed by atoms with van der Waals surface area (Å²) in [7, 11) is 2.02. The molecule has 4 nitrogen and oxygen atoms in total. The molecule has 0 atom stereocenters. The fourth-order valence-corrected chi connectivity index (χ4v) is 1.95. The molecule has 0 radical (unpaired) electrons. The quantitative estimate of drug-likeness (QED) is 0.729. The minimum absolute atomic E-state index is 0.0640. The van der Waals surface area contributed by atoms with E-state index < -0.39 is 0 Å². The molecular weight excluding hydrogens is 240 g/mol. The molecule has 0 aliphatic heterocycles. The van der Waals surface area contributed by atoms with Crippen LogP contribution in [-0.4, -0.2) is 36.9 Å². The Morgan fingerprint density at radius 2 is 2.21 bits per heavy atom. The number of hydrogen-bond donors (Lipinski definition) is 1. The van der Waals surface area contributed by atoms with E-state index in [4.69, 9.17) is 4.74 Å². The highest BCUT2D eigenvalue weighted by Gasteiger charge is 2.21. The minimum atomic E-state index is 0.0640. The largest absolute Gasteiger partial charge is 0.392 e. The van der Waals surface area contributed by atoms with Crippen LogP contribution in [0.3, 0.4) is 0 Å². The maximum atomic E-state index is 9.27. The summed E-state index contributed by atoms with van der Waals surface area (Å²) in [5.74, 6) is 1.73. The molecule has 0 unspecified atom stereocenters. The number of aryl methyl sites for hydroxylation is 1. The Morgan fingerprint density at radius 3 is 2.84 bits per heavy atom. The van der Waals surface area contributed by atoms with Gasteiger partial charge in [0.2, 0.25) is 0 Å². The van der Waals surface area contributed by atoms with Gasteiger partial charge in [-0.2, -0.15) is 0 Å². The third-order valence-electron chi connectivity index (χ3n) is 3.48. The van der Waals surface area contributed by atoms with Gasteiger partial charge in [-0.1, -0.05) is 6.92 Å². The molecule has 19 heavy (non-hydrogen) atoms. The van der Waals surface area contributed by atoms with Gasteiger partial charge in [0.15, 0.2) is 0 Å². The Labute approximate surface area is 115 Å². The second-order valence-corrected chi connectivity index (χ2v) is 5.28. The second-order valence-electron chi connectivity index (χ2n) is 5.28. The molecule has 2 rings (SSSR count). The van der Waals surface area contributed by atoms with Crippen LogP contribution in [0.5, 0.6) is 0 Å². The van der Waals surface area contributed by atoms with Crippen molar-refractivity contribution in [2.45, 2.75) is 32.8 Å². The first-order valence-electron chi connectivity index (χ1n) is 7.12. The summed E-state index contributed by atoms with van der Waals surface area (Å²) >= 11 is 0. The van der Waals surface area contributed by atoms with E-state index in [2.05, 4.69) is 16.8 Å². The topological polar surface area (TPSA) is 45.6 Å². The van der Waals surface area contributed by atoms with Crippen LogP contribution in [-0.2, 0) is 17.8 Å². The van der Waals surface area contributed by atoms with E-state index in [9.17, 15) is 5.11 Å². The normalized spacial score (nSPS) is 14.7. The number of hydrogen-bond acceptors (Lipinski definition) is 4. The number of ether oxygens (including phenoxy) is 1. The molecular formula is C15H24N2O2. The smallest absolute Gasteiger partial charge is 0.128 e. The molecule has 0 spiro atoms. The molecule has 1 fully saturated rings. The summed E-state index contributed by atoms with van der Waals surface area (Å²) in [6.45, 7) is 4.61. The Bertz CT molecular complexity index is 383. The first-order chi connectivity index (χ1) is 9.22. The lowest BCUT2D eigenvalue weighted by molar-refractivity contribution is 0.131. The van der Waals surface area contributed by atoms with E-state index in [-0.39, 0.29) is 6.61 Å². The average Bonchev–Trinajstić information content (AvgIpc) is 3.26. The molecule has 4 heteroatoms. The van der Waals surface area contributed by atoms with E-state index in [0.29, 0.717) is 0 Å². The Kier molecular flexibility index (Phi) is 5.16. The van der Waals surface area contributed by atoms with Crippen LogP contribution in [0.1, 0.15) is 31.0 Å². The summed E-state index contributed by atoms with van der Waals surface area (Å²) < 4.78 is 5.64. The number of aromatic nitrogens is 1. The van der Waals surface area contributed by atoms with E-state index >= 15 is 0 Å². The number of anilines is 1. The lowest BCUT2D eigenvalue weighted by atomic mass is 10.2. The first-order valence-corrected chi connectivity index (χ1v) is 7.12. The van der Waals surface area contributed by atoms with Gasteiger partial charge in [-0.15, -0.1) is 0 Å². The number of likely N-dealkylation sites (N-methyl/N-ethyl adjacent to an activating group) is 1. The Hall–Kier alpha value is -1.13. The highest BCUT2D eigenvalue weighted by Crippen LogP contribution is 2.28. The predicted molar refractivity (Wildman–Crippen MR) is 76.4 cm³/mol. The minimum Gasteiger partial charge on any atom is -0.392 e. The summed E-state index contributed by atoms with van der Waals surface area (Å²) in [5.41, 5.74) is 1.94. The highest BCUT2D eigenvalue weighted by molar-refractivity contribution is 5.41. The van der Waals surface area contributed by atoms with Gasteiger partial charge in [0.1, 0.15) is 5.82 Å². The van der Waals surface area contributed by atoms with Crippen molar-refractivity contribution in [3.63, 3.8) is 0 Å². The maximum absolute atomic E-state index is 9.27. The van der Waals surface area contributed by atoms with E-state index in [1.54, 1.807) is 0 Å². The van der Waals surface area contributed by atoms with Gasteiger partial charge in [0.25, 0.3) is 0 Å². The van der Waals surface area contributed by atoms with Crippen molar-refractivity contribution in [3.05, 3.63) is 23.4 Å². The lowest BCUT2D eigenvalue weighted by Crippen LogP contribution is -2.24. The van der Waals surface area contributed by atoms with Gasteiger partial charge in [-0.25, -0.2) is 4.98 Å². The fourth-order valence-electron chi connectivity index (χ4n) is 1.95. The molecule has 1 aromatic rings. The van der Waals surface area contributed by atoms with Crippen LogP contribution in [0.4, 0.5) is 5.82 Å². The molecule has 1 aliphatic rings. The van der Waals surface area contributed by atoms with Crippen LogP contribution >= 0.6 is 0 Å². The summed E-state index contributed by atoms with van der Waals surface area (Å²) in [5, 5.41) is 9.27. The van der Waals surface area contributed by atoms with Crippen molar-refractivity contribution in [1.82, 2.24) is 4.98 Å². The number of aliphatic hydroxyl groups is 1. The zero-order valence-electron chi connectivity index (χ0n) is 11.9. The van der Waals surface area contributed by atoms with Crippen molar-refractivity contribution in [3.8, 4) is 0 Å². The van der Waals surface area contributed by atoms with Crippen LogP contribution in [0.15, 0.2) is 12.1 Å². The van der Waals surface area contributed by atoms with Gasteiger partial charge in [0.05, 0.1) is 13.2 Å². The van der Waals surface area contributed by atoms with Crippen molar-refractivity contribution in [2.75, 3.05) is 31.7 Å². The van der Waals surface area contributed by atoms with Gasteiger partial charge >= 0.3 is 0 Å². The number of rotatable bonds is 8. The molecule has 0 amide bonds. The van der Waals surface area contributed by atoms with Crippen molar-refractivity contribution >= 4 is 5.82 Å². The second kappa shape index (κ2) is 6.87. The third-order valence-corrected chi connectivity index (χ3v) is 3.48. The molecule has 1 aliphatic carbocycles. The number of aliphatic hydroxyl groups excluding tert-OH is 1. The van der Waals surface area contributed by atoms with E-state index in [1.165, 1.54) is 12.8 Å². The standard InChI is InChI=1S/C15H24N2O2/c1-3-14-8-13(10-18)9-15(16-14)17(2)6-7-19-11-12-4-5-12/h8-9,12,18H,3-7,10-11H2,1-2H3. The highest BCUT2D eigenvalue weighted by atomic mass is 16.5. The molecule has 1 aromatic heterocycles. The summed E-state index contributed by atoms with van der Waals surface area (Å²) in [6, 6.07) is 3.90. The van der Waals surface area contributed by atoms with Crippen molar-refractivity contribution in [1.29, 1.82) is 0 Å². The lowest BCUT2D eigenvalue weighted by Gasteiger charge is -2.19. The number of nitrogens with zero attached hydrogens (tertiary/aromatic N) is 2. The third kappa shape index (κ3) is 4.48. The molecule has 1 N–H and O–H groups in total. The zero-order chi connectivity index (χ0) is 13.7. The SMILES string of the molecule is CCc1cc(CO)cc(N(C)CCOCC2CC2)n1. The number of pyridine rings is 1. The van der Waals surface area contributed by atoms with Crippen LogP contribution < -0.4 is 4.90 Å². The van der Waals surface area contributed by atoms with Gasteiger partial charge in [0, 0.05) is 25.9 Å². The first kappa shape index (κ1) is 14.3. The summed E-state index contributed by atoms with van der Waals surface area (Å²) in [4.78, 5) is 6.67. The monoisotopic (exact) mass is 264 g/mol. The average molecular weight is 264 g/mol. The van der Waals surface area contributed by atoms with Crippen LogP contribution in [0.25, 0.3) is 0 Å². The van der Waals surface area contributed by atoms with Crippen molar-refractivity contribution in [2.24, 2.45) is 5.92 Å². The Morgan fingerprint density at radius 1 is 1.42 bits per heavy atom. The van der Waals surface area contributed by atoms with Crippen LogP contribution in [0, 0.1) is 5.92 Å². The molecule has 1 saturated carbocycles. The van der Waals surface area contributed by atoms with Crippen LogP contribution in [0.2, 0.25) is 0 Å². The fraction of sp³-hybridized carbons (Fsp3) is 0.667. The van der Waals surface area contributed by atoms with E-state index in [0.717, 1.165) is 49.2 Å². The van der Waals surface area contributed by atoms with E-state index in [1.807, 2.05) is 19.2 Å². The van der Waals surface area contributed by atoms with Gasteiger partial charge < -0.3 is 14.7 Å². The molecule has 0 saturated heterocycles. The van der Waals surface area contributed by atoms with Gasteiger partial charge in [-0.3, -0.25) is 0 Å². The van der Waals surface area contributed by atoms with Crippen molar-refractivity contribution < 1.29 is 9.84 Å².